The van der Waals surface area contributed by atoms with Crippen LogP contribution in [0.15, 0.2) is 60.7 Å². The molecule has 3 rings (SSSR count). The second kappa shape index (κ2) is 6.92. The number of fused-ring (bicyclic) bond motifs is 1. The lowest BCUT2D eigenvalue weighted by Gasteiger charge is -2.08. The predicted molar refractivity (Wildman–Crippen MR) is 88.5 cm³/mol. The average molecular weight is 307 g/mol. The molecule has 0 aliphatic carbocycles. The predicted octanol–water partition coefficient (Wildman–Crippen LogP) is 3.99. The van der Waals surface area contributed by atoms with Crippen molar-refractivity contribution in [1.29, 1.82) is 0 Å². The highest BCUT2D eigenvalue weighted by molar-refractivity contribution is 5.89. The van der Waals surface area contributed by atoms with Crippen molar-refractivity contribution in [1.82, 2.24) is 4.98 Å². The third kappa shape index (κ3) is 3.66. The molecule has 1 aromatic heterocycles. The molecule has 2 aromatic carbocycles. The van der Waals surface area contributed by atoms with Gasteiger partial charge in [-0.3, -0.25) is 0 Å². The number of aromatic nitrogens is 1. The van der Waals surface area contributed by atoms with E-state index < -0.39 is 0 Å². The van der Waals surface area contributed by atoms with Gasteiger partial charge in [-0.2, -0.15) is 0 Å². The van der Waals surface area contributed by atoms with Gasteiger partial charge in [-0.1, -0.05) is 30.3 Å². The Kier molecular flexibility index (Phi) is 4.52. The van der Waals surface area contributed by atoms with Gasteiger partial charge in [0.15, 0.2) is 0 Å². The zero-order valence-electron chi connectivity index (χ0n) is 12.9. The minimum atomic E-state index is -0.346. The van der Waals surface area contributed by atoms with Crippen molar-refractivity contribution < 1.29 is 14.3 Å². The Morgan fingerprint density at radius 2 is 1.91 bits per heavy atom. The summed E-state index contributed by atoms with van der Waals surface area (Å²) in [6.07, 6.45) is 0. The van der Waals surface area contributed by atoms with Crippen molar-refractivity contribution in [2.75, 3.05) is 6.61 Å². The van der Waals surface area contributed by atoms with Crippen LogP contribution >= 0.6 is 0 Å². The number of rotatable bonds is 5. The lowest BCUT2D eigenvalue weighted by Crippen LogP contribution is -2.05. The van der Waals surface area contributed by atoms with Gasteiger partial charge in [0, 0.05) is 5.39 Å². The van der Waals surface area contributed by atoms with Crippen molar-refractivity contribution in [2.45, 2.75) is 13.5 Å². The molecule has 0 aliphatic rings. The van der Waals surface area contributed by atoms with Crippen LogP contribution in [0.1, 0.15) is 23.0 Å². The molecule has 3 aromatic rings. The van der Waals surface area contributed by atoms with Gasteiger partial charge >= 0.3 is 5.97 Å². The monoisotopic (exact) mass is 307 g/mol. The molecule has 0 radical (unpaired) electrons. The fourth-order valence-electron chi connectivity index (χ4n) is 2.27. The standard InChI is InChI=1S/C19H17NO3/c1-2-22-19(21)15-7-5-8-17(12-15)23-13-16-11-10-14-6-3-4-9-18(14)20-16/h3-12H,2,13H2,1H3. The maximum Gasteiger partial charge on any atom is 0.338 e. The largest absolute Gasteiger partial charge is 0.487 e. The summed E-state index contributed by atoms with van der Waals surface area (Å²) in [6, 6.07) is 18.9. The number of para-hydroxylation sites is 1. The van der Waals surface area contributed by atoms with E-state index in [1.54, 1.807) is 25.1 Å². The van der Waals surface area contributed by atoms with E-state index >= 15 is 0 Å². The Bertz CT molecular complexity index is 829. The van der Waals surface area contributed by atoms with Gasteiger partial charge in [0.05, 0.1) is 23.4 Å². The fourth-order valence-corrected chi connectivity index (χ4v) is 2.27. The number of carbonyl (C=O) groups is 1. The Labute approximate surface area is 134 Å². The average Bonchev–Trinajstić information content (AvgIpc) is 2.60. The molecule has 0 saturated heterocycles. The van der Waals surface area contributed by atoms with E-state index in [1.807, 2.05) is 42.5 Å². The number of nitrogens with zero attached hydrogens (tertiary/aromatic N) is 1. The van der Waals surface area contributed by atoms with Crippen LogP contribution in [-0.2, 0) is 11.3 Å². The third-order valence-electron chi connectivity index (χ3n) is 3.39. The Morgan fingerprint density at radius 1 is 1.04 bits per heavy atom. The smallest absolute Gasteiger partial charge is 0.338 e. The second-order valence-electron chi connectivity index (χ2n) is 5.03. The molecule has 1 heterocycles. The van der Waals surface area contributed by atoms with Crippen LogP contribution in [0.4, 0.5) is 0 Å². The van der Waals surface area contributed by atoms with E-state index in [0.29, 0.717) is 24.5 Å². The quantitative estimate of drug-likeness (QED) is 0.669. The Balaban J connectivity index is 1.72. The Hall–Kier alpha value is -2.88. The third-order valence-corrected chi connectivity index (χ3v) is 3.39. The highest BCUT2D eigenvalue weighted by Gasteiger charge is 2.07. The summed E-state index contributed by atoms with van der Waals surface area (Å²) in [5, 5.41) is 1.10. The molecule has 4 heteroatoms. The lowest BCUT2D eigenvalue weighted by molar-refractivity contribution is 0.0526. The number of hydrogen-bond donors (Lipinski definition) is 0. The van der Waals surface area contributed by atoms with Gasteiger partial charge in [-0.05, 0) is 37.3 Å². The molecule has 0 aliphatic heterocycles. The van der Waals surface area contributed by atoms with Gasteiger partial charge in [-0.25, -0.2) is 9.78 Å². The van der Waals surface area contributed by atoms with E-state index in [1.165, 1.54) is 0 Å². The number of ether oxygens (including phenoxy) is 2. The summed E-state index contributed by atoms with van der Waals surface area (Å²) >= 11 is 0. The van der Waals surface area contributed by atoms with Gasteiger partial charge in [0.2, 0.25) is 0 Å². The number of esters is 1. The van der Waals surface area contributed by atoms with Crippen molar-refractivity contribution in [3.63, 3.8) is 0 Å². The molecule has 0 amide bonds. The molecule has 116 valence electrons. The summed E-state index contributed by atoms with van der Waals surface area (Å²) < 4.78 is 10.7. The number of hydrogen-bond acceptors (Lipinski definition) is 4. The van der Waals surface area contributed by atoms with Crippen LogP contribution in [0.2, 0.25) is 0 Å². The van der Waals surface area contributed by atoms with Gasteiger partial charge in [0.1, 0.15) is 12.4 Å². The summed E-state index contributed by atoms with van der Waals surface area (Å²) in [5.41, 5.74) is 2.26. The molecule has 23 heavy (non-hydrogen) atoms. The first-order chi connectivity index (χ1) is 11.3. The molecule has 4 nitrogen and oxygen atoms in total. The topological polar surface area (TPSA) is 48.4 Å². The number of pyridine rings is 1. The van der Waals surface area contributed by atoms with Crippen molar-refractivity contribution in [2.24, 2.45) is 0 Å². The van der Waals surface area contributed by atoms with E-state index in [-0.39, 0.29) is 5.97 Å². The van der Waals surface area contributed by atoms with Crippen LogP contribution in [0.5, 0.6) is 5.75 Å². The zero-order chi connectivity index (χ0) is 16.1. The first-order valence-corrected chi connectivity index (χ1v) is 7.51. The summed E-state index contributed by atoms with van der Waals surface area (Å²) in [7, 11) is 0. The molecule has 0 N–H and O–H groups in total. The van der Waals surface area contributed by atoms with E-state index in [9.17, 15) is 4.79 Å². The number of carbonyl (C=O) groups excluding carboxylic acids is 1. The van der Waals surface area contributed by atoms with Crippen LogP contribution in [0.25, 0.3) is 10.9 Å². The second-order valence-corrected chi connectivity index (χ2v) is 5.03. The summed E-state index contributed by atoms with van der Waals surface area (Å²) in [5.74, 6) is 0.271. The van der Waals surface area contributed by atoms with Gasteiger partial charge in [-0.15, -0.1) is 0 Å². The molecule has 0 saturated carbocycles. The lowest BCUT2D eigenvalue weighted by atomic mass is 10.2. The minimum Gasteiger partial charge on any atom is -0.487 e. The summed E-state index contributed by atoms with van der Waals surface area (Å²) in [6.45, 7) is 2.48. The first kappa shape index (κ1) is 15.0. The SMILES string of the molecule is CCOC(=O)c1cccc(OCc2ccc3ccccc3n2)c1. The van der Waals surface area contributed by atoms with Crippen LogP contribution in [0, 0.1) is 0 Å². The molecular formula is C19H17NO3. The van der Waals surface area contributed by atoms with Gasteiger partial charge < -0.3 is 9.47 Å². The molecule has 0 fully saturated rings. The summed E-state index contributed by atoms with van der Waals surface area (Å²) in [4.78, 5) is 16.3. The van der Waals surface area contributed by atoms with Crippen molar-refractivity contribution in [3.05, 3.63) is 71.9 Å². The fraction of sp³-hybridized carbons (Fsp3) is 0.158. The van der Waals surface area contributed by atoms with Crippen LogP contribution in [0.3, 0.4) is 0 Å². The zero-order valence-corrected chi connectivity index (χ0v) is 12.9. The van der Waals surface area contributed by atoms with E-state index in [0.717, 1.165) is 16.6 Å². The normalized spacial score (nSPS) is 10.5. The van der Waals surface area contributed by atoms with Crippen LogP contribution < -0.4 is 4.74 Å². The highest BCUT2D eigenvalue weighted by Crippen LogP contribution is 2.17. The minimum absolute atomic E-state index is 0.344. The first-order valence-electron chi connectivity index (χ1n) is 7.51. The maximum atomic E-state index is 11.7. The molecule has 0 unspecified atom stereocenters. The molecule has 0 atom stereocenters. The molecule has 0 spiro atoms. The number of benzene rings is 2. The van der Waals surface area contributed by atoms with E-state index in [4.69, 9.17) is 9.47 Å². The Morgan fingerprint density at radius 3 is 2.78 bits per heavy atom. The van der Waals surface area contributed by atoms with Crippen LogP contribution in [-0.4, -0.2) is 17.6 Å². The van der Waals surface area contributed by atoms with Crippen molar-refractivity contribution in [3.8, 4) is 5.75 Å². The highest BCUT2D eigenvalue weighted by atomic mass is 16.5. The molecule has 0 bridgehead atoms. The van der Waals surface area contributed by atoms with Crippen molar-refractivity contribution >= 4 is 16.9 Å². The maximum absolute atomic E-state index is 11.7. The van der Waals surface area contributed by atoms with Gasteiger partial charge in [0.25, 0.3) is 0 Å². The molecular weight excluding hydrogens is 290 g/mol. The van der Waals surface area contributed by atoms with E-state index in [2.05, 4.69) is 4.98 Å².